The van der Waals surface area contributed by atoms with Crippen molar-refractivity contribution in [2.45, 2.75) is 0 Å². The van der Waals surface area contributed by atoms with Crippen LogP contribution < -0.4 is 0 Å². The lowest BCUT2D eigenvalue weighted by molar-refractivity contribution is 1.42. The van der Waals surface area contributed by atoms with Gasteiger partial charge in [-0.25, -0.2) is 0 Å². The number of hydrogen-bond donors (Lipinski definition) is 0. The highest BCUT2D eigenvalue weighted by Crippen LogP contribution is 2.31. The summed E-state index contributed by atoms with van der Waals surface area (Å²) in [5.41, 5.74) is 4.43. The second kappa shape index (κ2) is 3.27. The lowest BCUT2D eigenvalue weighted by atomic mass is 10.1. The molecule has 2 aromatic carbocycles. The third-order valence-electron chi connectivity index (χ3n) is 3.09. The Hall–Kier alpha value is -1.96. The quantitative estimate of drug-likeness (QED) is 0.636. The molecule has 0 aliphatic heterocycles. The molecule has 1 aliphatic rings. The van der Waals surface area contributed by atoms with Gasteiger partial charge in [-0.15, -0.1) is 0 Å². The first-order valence-electron chi connectivity index (χ1n) is 5.33. The Balaban J connectivity index is 2.53. The van der Waals surface area contributed by atoms with Crippen LogP contribution in [0.2, 0.25) is 0 Å². The third-order valence-corrected chi connectivity index (χ3v) is 3.09. The van der Waals surface area contributed by atoms with Crippen molar-refractivity contribution in [2.75, 3.05) is 14.1 Å². The SMILES string of the molecule is C/N=C1\C(=N/C)c2cccc3cccc1c23. The van der Waals surface area contributed by atoms with Crippen molar-refractivity contribution >= 4 is 22.2 Å². The minimum absolute atomic E-state index is 1.01. The van der Waals surface area contributed by atoms with Crippen molar-refractivity contribution in [1.82, 2.24) is 0 Å². The van der Waals surface area contributed by atoms with Crippen molar-refractivity contribution in [2.24, 2.45) is 9.98 Å². The zero-order chi connectivity index (χ0) is 11.1. The number of hydrogen-bond acceptors (Lipinski definition) is 2. The first-order chi connectivity index (χ1) is 7.86. The van der Waals surface area contributed by atoms with E-state index in [-0.39, 0.29) is 0 Å². The van der Waals surface area contributed by atoms with Gasteiger partial charge in [-0.2, -0.15) is 0 Å². The number of rotatable bonds is 0. The predicted octanol–water partition coefficient (Wildman–Crippen LogP) is 2.69. The van der Waals surface area contributed by atoms with E-state index in [2.05, 4.69) is 46.4 Å². The van der Waals surface area contributed by atoms with E-state index in [4.69, 9.17) is 0 Å². The molecule has 3 rings (SSSR count). The lowest BCUT2D eigenvalue weighted by Gasteiger charge is -1.98. The Bertz CT molecular complexity index is 583. The topological polar surface area (TPSA) is 24.7 Å². The van der Waals surface area contributed by atoms with Crippen molar-refractivity contribution in [1.29, 1.82) is 0 Å². The fraction of sp³-hybridized carbons (Fsp3) is 0.143. The molecule has 16 heavy (non-hydrogen) atoms. The number of aliphatic imine (C=N–C) groups is 2. The summed E-state index contributed by atoms with van der Waals surface area (Å²) in [6, 6.07) is 12.7. The van der Waals surface area contributed by atoms with Crippen molar-refractivity contribution < 1.29 is 0 Å². The normalized spacial score (nSPS) is 18.9. The van der Waals surface area contributed by atoms with Gasteiger partial charge in [0.25, 0.3) is 0 Å². The second-order valence-electron chi connectivity index (χ2n) is 3.85. The van der Waals surface area contributed by atoms with Gasteiger partial charge in [-0.05, 0) is 5.39 Å². The zero-order valence-electron chi connectivity index (χ0n) is 9.36. The lowest BCUT2D eigenvalue weighted by Crippen LogP contribution is -2.09. The summed E-state index contributed by atoms with van der Waals surface area (Å²) in [5, 5.41) is 2.54. The molecule has 0 heterocycles. The average Bonchev–Trinajstić information content (AvgIpc) is 2.65. The molecule has 0 amide bonds. The van der Waals surface area contributed by atoms with Crippen molar-refractivity contribution in [3.05, 3.63) is 47.5 Å². The molecule has 0 N–H and O–H groups in total. The smallest absolute Gasteiger partial charge is 0.0907 e. The van der Waals surface area contributed by atoms with E-state index < -0.39 is 0 Å². The van der Waals surface area contributed by atoms with Gasteiger partial charge in [-0.1, -0.05) is 36.4 Å². The van der Waals surface area contributed by atoms with Crippen LogP contribution in [-0.2, 0) is 0 Å². The summed E-state index contributed by atoms with van der Waals surface area (Å²) in [7, 11) is 3.65. The number of benzene rings is 2. The maximum absolute atomic E-state index is 4.37. The van der Waals surface area contributed by atoms with Crippen LogP contribution in [0, 0.1) is 0 Å². The van der Waals surface area contributed by atoms with Crippen LogP contribution in [0.1, 0.15) is 11.1 Å². The Morgan fingerprint density at radius 3 is 1.69 bits per heavy atom. The summed E-state index contributed by atoms with van der Waals surface area (Å²) in [6.07, 6.45) is 0. The Labute approximate surface area is 94.4 Å². The Kier molecular flexibility index (Phi) is 1.90. The summed E-state index contributed by atoms with van der Waals surface area (Å²) in [6.45, 7) is 0. The molecule has 0 aromatic heterocycles. The van der Waals surface area contributed by atoms with E-state index >= 15 is 0 Å². The van der Waals surface area contributed by atoms with E-state index in [0.717, 1.165) is 11.4 Å². The van der Waals surface area contributed by atoms with Crippen LogP contribution in [-0.4, -0.2) is 25.5 Å². The molecular formula is C14H12N2. The fourth-order valence-electron chi connectivity index (χ4n) is 2.44. The number of nitrogens with zero attached hydrogens (tertiary/aromatic N) is 2. The molecule has 2 nitrogen and oxygen atoms in total. The van der Waals surface area contributed by atoms with Crippen LogP contribution >= 0.6 is 0 Å². The fourth-order valence-corrected chi connectivity index (χ4v) is 2.44. The van der Waals surface area contributed by atoms with Crippen LogP contribution in [0.4, 0.5) is 0 Å². The van der Waals surface area contributed by atoms with Crippen LogP contribution in [0.5, 0.6) is 0 Å². The molecule has 0 atom stereocenters. The van der Waals surface area contributed by atoms with Crippen LogP contribution in [0.15, 0.2) is 46.4 Å². The summed E-state index contributed by atoms with van der Waals surface area (Å²) < 4.78 is 0. The second-order valence-corrected chi connectivity index (χ2v) is 3.85. The predicted molar refractivity (Wildman–Crippen MR) is 68.9 cm³/mol. The molecule has 0 spiro atoms. The van der Waals surface area contributed by atoms with Gasteiger partial charge in [0.15, 0.2) is 0 Å². The molecule has 0 radical (unpaired) electrons. The highest BCUT2D eigenvalue weighted by Gasteiger charge is 2.25. The molecule has 0 saturated heterocycles. The summed E-state index contributed by atoms with van der Waals surface area (Å²) >= 11 is 0. The minimum atomic E-state index is 1.01. The highest BCUT2D eigenvalue weighted by molar-refractivity contribution is 6.60. The molecule has 2 heteroatoms. The van der Waals surface area contributed by atoms with E-state index in [1.165, 1.54) is 21.9 Å². The van der Waals surface area contributed by atoms with Gasteiger partial charge >= 0.3 is 0 Å². The van der Waals surface area contributed by atoms with Crippen LogP contribution in [0.25, 0.3) is 10.8 Å². The van der Waals surface area contributed by atoms with Crippen molar-refractivity contribution in [3.8, 4) is 0 Å². The molecule has 0 fully saturated rings. The minimum Gasteiger partial charge on any atom is -0.286 e. The molecule has 2 aromatic rings. The standard InChI is InChI=1S/C14H12N2/c1-15-13-10-7-3-5-9-6-4-8-11(12(9)10)14(13)16-2/h3-8H,1-2H3/b15-13-,16-14-. The van der Waals surface area contributed by atoms with Gasteiger partial charge in [0.1, 0.15) is 0 Å². The zero-order valence-corrected chi connectivity index (χ0v) is 9.36. The van der Waals surface area contributed by atoms with E-state index in [0.29, 0.717) is 0 Å². The summed E-state index contributed by atoms with van der Waals surface area (Å²) in [4.78, 5) is 8.73. The summed E-state index contributed by atoms with van der Waals surface area (Å²) in [5.74, 6) is 0. The Morgan fingerprint density at radius 2 is 1.25 bits per heavy atom. The molecular weight excluding hydrogens is 196 g/mol. The third kappa shape index (κ3) is 1.01. The molecule has 0 bridgehead atoms. The van der Waals surface area contributed by atoms with Gasteiger partial charge in [0, 0.05) is 30.6 Å². The monoisotopic (exact) mass is 208 g/mol. The first-order valence-corrected chi connectivity index (χ1v) is 5.33. The van der Waals surface area contributed by atoms with E-state index in [1.54, 1.807) is 0 Å². The van der Waals surface area contributed by atoms with Gasteiger partial charge < -0.3 is 0 Å². The first kappa shape index (κ1) is 9.28. The largest absolute Gasteiger partial charge is 0.286 e. The van der Waals surface area contributed by atoms with Crippen molar-refractivity contribution in [3.63, 3.8) is 0 Å². The average molecular weight is 208 g/mol. The highest BCUT2D eigenvalue weighted by atomic mass is 14.8. The molecule has 0 saturated carbocycles. The van der Waals surface area contributed by atoms with Gasteiger partial charge in [-0.3, -0.25) is 9.98 Å². The van der Waals surface area contributed by atoms with Gasteiger partial charge in [0.05, 0.1) is 11.4 Å². The maximum atomic E-state index is 4.37. The molecule has 0 unspecified atom stereocenters. The van der Waals surface area contributed by atoms with Gasteiger partial charge in [0.2, 0.25) is 0 Å². The molecule has 78 valence electrons. The maximum Gasteiger partial charge on any atom is 0.0907 e. The Morgan fingerprint density at radius 1 is 0.750 bits per heavy atom. The van der Waals surface area contributed by atoms with Crippen LogP contribution in [0.3, 0.4) is 0 Å². The molecule has 1 aliphatic carbocycles. The van der Waals surface area contributed by atoms with E-state index in [9.17, 15) is 0 Å². The van der Waals surface area contributed by atoms with E-state index in [1.807, 2.05) is 14.1 Å².